The highest BCUT2D eigenvalue weighted by Gasteiger charge is 2.18. The van der Waals surface area contributed by atoms with Gasteiger partial charge in [0, 0.05) is 46.1 Å². The van der Waals surface area contributed by atoms with Crippen molar-refractivity contribution < 1.29 is 9.47 Å². The van der Waals surface area contributed by atoms with Crippen LogP contribution in [0, 0.1) is 13.8 Å². The zero-order chi connectivity index (χ0) is 22.7. The van der Waals surface area contributed by atoms with Crippen molar-refractivity contribution in [2.24, 2.45) is 0 Å². The van der Waals surface area contributed by atoms with E-state index < -0.39 is 0 Å². The molecule has 0 bridgehead atoms. The molecule has 6 rings (SSSR count). The number of methoxy groups -OCH3 is 2. The van der Waals surface area contributed by atoms with Crippen LogP contribution in [-0.2, 0) is 6.67 Å². The first-order valence-electron chi connectivity index (χ1n) is 10.9. The van der Waals surface area contributed by atoms with Gasteiger partial charge in [-0.15, -0.1) is 0 Å². The lowest BCUT2D eigenvalue weighted by Crippen LogP contribution is -2.09. The van der Waals surface area contributed by atoms with Gasteiger partial charge >= 0.3 is 0 Å². The van der Waals surface area contributed by atoms with Crippen LogP contribution in [0.2, 0.25) is 0 Å². The maximum atomic E-state index is 5.57. The number of rotatable bonds is 4. The van der Waals surface area contributed by atoms with Gasteiger partial charge in [0.05, 0.1) is 47.7 Å². The quantitative estimate of drug-likeness (QED) is 0.349. The third-order valence-corrected chi connectivity index (χ3v) is 6.61. The molecule has 6 nitrogen and oxygen atoms in total. The second kappa shape index (κ2) is 7.24. The molecule has 0 unspecified atom stereocenters. The molecular formula is C27H24N4O2. The molecule has 0 saturated heterocycles. The Morgan fingerprint density at radius 2 is 1.09 bits per heavy atom. The second-order valence-corrected chi connectivity index (χ2v) is 8.35. The van der Waals surface area contributed by atoms with Gasteiger partial charge in [0.1, 0.15) is 18.2 Å². The predicted molar refractivity (Wildman–Crippen MR) is 132 cm³/mol. The number of aromatic nitrogens is 4. The van der Waals surface area contributed by atoms with Gasteiger partial charge in [0.2, 0.25) is 0 Å². The van der Waals surface area contributed by atoms with E-state index in [1.165, 1.54) is 21.5 Å². The minimum Gasteiger partial charge on any atom is -0.497 e. The maximum Gasteiger partial charge on any atom is 0.120 e. The van der Waals surface area contributed by atoms with Crippen molar-refractivity contribution in [3.05, 3.63) is 72.3 Å². The summed E-state index contributed by atoms with van der Waals surface area (Å²) in [4.78, 5) is 9.22. The summed E-state index contributed by atoms with van der Waals surface area (Å²) < 4.78 is 15.8. The Morgan fingerprint density at radius 3 is 1.52 bits per heavy atom. The number of ether oxygens (including phenoxy) is 2. The number of benzene rings is 2. The van der Waals surface area contributed by atoms with E-state index in [1.807, 2.05) is 24.5 Å². The third-order valence-electron chi connectivity index (χ3n) is 6.61. The van der Waals surface area contributed by atoms with Crippen LogP contribution in [0.1, 0.15) is 11.4 Å². The average Bonchev–Trinajstić information content (AvgIpc) is 3.33. The Hall–Kier alpha value is -4.06. The van der Waals surface area contributed by atoms with E-state index >= 15 is 0 Å². The zero-order valence-corrected chi connectivity index (χ0v) is 19.1. The Kier molecular flexibility index (Phi) is 4.30. The lowest BCUT2D eigenvalue weighted by molar-refractivity contribution is 0.415. The minimum absolute atomic E-state index is 0.611. The van der Waals surface area contributed by atoms with Crippen molar-refractivity contribution in [3.63, 3.8) is 0 Å². The van der Waals surface area contributed by atoms with Crippen LogP contribution in [-0.4, -0.2) is 33.3 Å². The summed E-state index contributed by atoms with van der Waals surface area (Å²) in [7, 11) is 3.41. The van der Waals surface area contributed by atoms with E-state index in [2.05, 4.69) is 69.3 Å². The third kappa shape index (κ3) is 2.80. The van der Waals surface area contributed by atoms with Crippen LogP contribution < -0.4 is 9.47 Å². The van der Waals surface area contributed by atoms with Crippen LogP contribution in [0.3, 0.4) is 0 Å². The van der Waals surface area contributed by atoms with Gasteiger partial charge in [-0.25, -0.2) is 0 Å². The van der Waals surface area contributed by atoms with Crippen molar-refractivity contribution in [1.82, 2.24) is 19.1 Å². The molecule has 0 radical (unpaired) electrons. The highest BCUT2D eigenvalue weighted by Crippen LogP contribution is 2.36. The first-order valence-corrected chi connectivity index (χ1v) is 10.9. The fraction of sp³-hybridized carbons (Fsp3) is 0.185. The summed E-state index contributed by atoms with van der Waals surface area (Å²) in [5, 5.41) is 4.75. The second-order valence-electron chi connectivity index (χ2n) is 8.35. The largest absolute Gasteiger partial charge is 0.497 e. The van der Waals surface area contributed by atoms with Crippen molar-refractivity contribution in [3.8, 4) is 11.5 Å². The maximum absolute atomic E-state index is 5.57. The molecule has 4 aromatic heterocycles. The molecular weight excluding hydrogens is 412 g/mol. The summed E-state index contributed by atoms with van der Waals surface area (Å²) in [5.41, 5.74) is 6.46. The number of aryl methyl sites for hydroxylation is 2. The van der Waals surface area contributed by atoms with Crippen LogP contribution in [0.25, 0.3) is 43.6 Å². The van der Waals surface area contributed by atoms with E-state index in [-0.39, 0.29) is 0 Å². The molecule has 0 spiro atoms. The van der Waals surface area contributed by atoms with Gasteiger partial charge in [-0.05, 0) is 50.2 Å². The van der Waals surface area contributed by atoms with E-state index in [0.29, 0.717) is 6.67 Å². The van der Waals surface area contributed by atoms with Crippen molar-refractivity contribution in [2.45, 2.75) is 20.5 Å². The van der Waals surface area contributed by atoms with Crippen molar-refractivity contribution in [1.29, 1.82) is 0 Å². The fourth-order valence-corrected chi connectivity index (χ4v) is 5.09. The SMILES string of the molecule is COc1ccc2c3ccnc(C)c3n(Cn3c4cc(OC)ccc4c4ccnc(C)c43)c2c1. The standard InChI is InChI=1S/C27H24N4O2/c1-16-26-22(9-11-28-16)20-7-5-18(32-3)13-24(20)30(26)15-31-25-14-19(33-4)6-8-21(25)23-10-12-29-17(2)27(23)31/h5-14H,15H2,1-4H3. The summed E-state index contributed by atoms with van der Waals surface area (Å²) in [6, 6.07) is 16.7. The molecule has 0 aliphatic carbocycles. The summed E-state index contributed by atoms with van der Waals surface area (Å²) >= 11 is 0. The lowest BCUT2D eigenvalue weighted by atomic mass is 10.1. The molecule has 0 N–H and O–H groups in total. The van der Waals surface area contributed by atoms with Gasteiger partial charge in [0.15, 0.2) is 0 Å². The molecule has 0 atom stereocenters. The van der Waals surface area contributed by atoms with Gasteiger partial charge < -0.3 is 18.6 Å². The Labute approximate surface area is 191 Å². The molecule has 33 heavy (non-hydrogen) atoms. The topological polar surface area (TPSA) is 54.1 Å². The summed E-state index contributed by atoms with van der Waals surface area (Å²) in [5.74, 6) is 1.66. The van der Waals surface area contributed by atoms with Gasteiger partial charge in [-0.3, -0.25) is 9.97 Å². The van der Waals surface area contributed by atoms with Gasteiger partial charge in [-0.2, -0.15) is 0 Å². The molecule has 6 aromatic rings. The molecule has 6 heteroatoms. The Balaban J connectivity index is 1.73. The highest BCUT2D eigenvalue weighted by molar-refractivity contribution is 6.10. The van der Waals surface area contributed by atoms with Crippen molar-refractivity contribution >= 4 is 43.6 Å². The van der Waals surface area contributed by atoms with E-state index in [4.69, 9.17) is 9.47 Å². The smallest absolute Gasteiger partial charge is 0.120 e. The lowest BCUT2D eigenvalue weighted by Gasteiger charge is -2.14. The summed E-state index contributed by atoms with van der Waals surface area (Å²) in [6.45, 7) is 4.74. The molecule has 4 heterocycles. The Morgan fingerprint density at radius 1 is 0.636 bits per heavy atom. The fourth-order valence-electron chi connectivity index (χ4n) is 5.09. The van der Waals surface area contributed by atoms with Crippen LogP contribution >= 0.6 is 0 Å². The highest BCUT2D eigenvalue weighted by atomic mass is 16.5. The molecule has 0 aliphatic heterocycles. The summed E-state index contributed by atoms with van der Waals surface area (Å²) in [6.07, 6.45) is 3.76. The van der Waals surface area contributed by atoms with Gasteiger partial charge in [0.25, 0.3) is 0 Å². The normalized spacial score (nSPS) is 11.8. The van der Waals surface area contributed by atoms with Crippen LogP contribution in [0.5, 0.6) is 11.5 Å². The minimum atomic E-state index is 0.611. The van der Waals surface area contributed by atoms with Gasteiger partial charge in [-0.1, -0.05) is 0 Å². The predicted octanol–water partition coefficient (Wildman–Crippen LogP) is 5.83. The number of nitrogens with zero attached hydrogens (tertiary/aromatic N) is 4. The average molecular weight is 437 g/mol. The first-order chi connectivity index (χ1) is 16.1. The van der Waals surface area contributed by atoms with E-state index in [9.17, 15) is 0 Å². The van der Waals surface area contributed by atoms with Crippen LogP contribution in [0.4, 0.5) is 0 Å². The van der Waals surface area contributed by atoms with Crippen molar-refractivity contribution in [2.75, 3.05) is 14.2 Å². The van der Waals surface area contributed by atoms with E-state index in [1.54, 1.807) is 14.2 Å². The zero-order valence-electron chi connectivity index (χ0n) is 19.1. The number of pyridine rings is 2. The monoisotopic (exact) mass is 436 g/mol. The number of hydrogen-bond donors (Lipinski definition) is 0. The molecule has 2 aromatic carbocycles. The Bertz CT molecular complexity index is 1570. The molecule has 0 aliphatic rings. The molecule has 164 valence electrons. The first kappa shape index (κ1) is 19.6. The number of fused-ring (bicyclic) bond motifs is 6. The molecule has 0 fully saturated rings. The number of hydrogen-bond acceptors (Lipinski definition) is 4. The molecule has 0 amide bonds. The molecule has 0 saturated carbocycles. The van der Waals surface area contributed by atoms with E-state index in [0.717, 1.165) is 45.0 Å². The van der Waals surface area contributed by atoms with Crippen LogP contribution in [0.15, 0.2) is 60.9 Å².